The summed E-state index contributed by atoms with van der Waals surface area (Å²) in [5.41, 5.74) is 7.01. The topological polar surface area (TPSA) is 141 Å². The van der Waals surface area contributed by atoms with Crippen LogP contribution in [0.4, 0.5) is 16.7 Å². The number of ether oxygens (including phenoxy) is 3. The summed E-state index contributed by atoms with van der Waals surface area (Å²) in [5, 5.41) is 2.83. The highest BCUT2D eigenvalue weighted by Gasteiger charge is 2.36. The number of hydrogen-bond donors (Lipinski definition) is 2. The van der Waals surface area contributed by atoms with Crippen LogP contribution in [-0.2, 0) is 9.47 Å². The van der Waals surface area contributed by atoms with E-state index in [-0.39, 0.29) is 24.1 Å². The number of rotatable bonds is 8. The number of nitrogens with zero attached hydrogens (tertiary/aromatic N) is 6. The van der Waals surface area contributed by atoms with Gasteiger partial charge in [0.2, 0.25) is 17.8 Å². The van der Waals surface area contributed by atoms with E-state index in [4.69, 9.17) is 24.9 Å². The Morgan fingerprint density at radius 1 is 1.27 bits per heavy atom. The molecule has 178 valence electrons. The molecule has 2 fully saturated rings. The van der Waals surface area contributed by atoms with Crippen molar-refractivity contribution in [2.45, 2.75) is 25.0 Å². The third-order valence-electron chi connectivity index (χ3n) is 5.76. The second-order valence-electron chi connectivity index (χ2n) is 8.02. The molecular formula is C21H30N8O4. The first-order valence-corrected chi connectivity index (χ1v) is 11.0. The van der Waals surface area contributed by atoms with Gasteiger partial charge in [-0.15, -0.1) is 0 Å². The quantitative estimate of drug-likeness (QED) is 0.539. The molecule has 0 atom stereocenters. The predicted molar refractivity (Wildman–Crippen MR) is 121 cm³/mol. The van der Waals surface area contributed by atoms with E-state index < -0.39 is 0 Å². The molecule has 1 saturated carbocycles. The minimum Gasteiger partial charge on any atom is -0.474 e. The van der Waals surface area contributed by atoms with E-state index in [0.29, 0.717) is 57.0 Å². The Labute approximate surface area is 192 Å². The molecule has 3 heterocycles. The normalized spacial score (nSPS) is 20.1. The van der Waals surface area contributed by atoms with Gasteiger partial charge in [-0.05, 0) is 0 Å². The van der Waals surface area contributed by atoms with Gasteiger partial charge in [0.15, 0.2) is 0 Å². The number of hydrogen-bond acceptors (Lipinski definition) is 10. The summed E-state index contributed by atoms with van der Waals surface area (Å²) in [5.74, 6) is 1.26. The molecule has 0 unspecified atom stereocenters. The lowest BCUT2D eigenvalue weighted by molar-refractivity contribution is 0.0402. The maximum Gasteiger partial charge on any atom is 0.317 e. The van der Waals surface area contributed by atoms with Gasteiger partial charge in [-0.25, -0.2) is 19.7 Å². The van der Waals surface area contributed by atoms with E-state index in [1.807, 2.05) is 0 Å². The Balaban J connectivity index is 1.43. The van der Waals surface area contributed by atoms with E-state index in [1.165, 1.54) is 0 Å². The highest BCUT2D eigenvalue weighted by Crippen LogP contribution is 2.31. The molecule has 4 rings (SSSR count). The van der Waals surface area contributed by atoms with E-state index in [0.717, 1.165) is 18.4 Å². The molecule has 12 heteroatoms. The van der Waals surface area contributed by atoms with Gasteiger partial charge in [0, 0.05) is 76.7 Å². The summed E-state index contributed by atoms with van der Waals surface area (Å²) >= 11 is 0. The highest BCUT2D eigenvalue weighted by atomic mass is 16.5. The fourth-order valence-electron chi connectivity index (χ4n) is 3.67. The molecule has 3 N–H and O–H groups in total. The third kappa shape index (κ3) is 5.76. The lowest BCUT2D eigenvalue weighted by Crippen LogP contribution is -2.53. The average molecular weight is 459 g/mol. The van der Waals surface area contributed by atoms with Gasteiger partial charge in [-0.3, -0.25) is 0 Å². The number of amides is 2. The number of anilines is 2. The first-order valence-electron chi connectivity index (χ1n) is 11.0. The van der Waals surface area contributed by atoms with Gasteiger partial charge in [0.1, 0.15) is 6.10 Å². The first kappa shape index (κ1) is 22.9. The Morgan fingerprint density at radius 2 is 2.00 bits per heavy atom. The molecule has 2 aliphatic rings. The lowest BCUT2D eigenvalue weighted by atomic mass is 9.88. The highest BCUT2D eigenvalue weighted by molar-refractivity contribution is 5.74. The predicted octanol–water partition coefficient (Wildman–Crippen LogP) is 0.550. The van der Waals surface area contributed by atoms with Crippen LogP contribution in [0.3, 0.4) is 0 Å². The van der Waals surface area contributed by atoms with Crippen LogP contribution in [0.2, 0.25) is 0 Å². The van der Waals surface area contributed by atoms with E-state index >= 15 is 0 Å². The third-order valence-corrected chi connectivity index (χ3v) is 5.76. The second kappa shape index (κ2) is 10.6. The van der Waals surface area contributed by atoms with Gasteiger partial charge >= 0.3 is 6.03 Å². The molecule has 0 radical (unpaired) electrons. The zero-order chi connectivity index (χ0) is 23.2. The molecule has 0 bridgehead atoms. The average Bonchev–Trinajstić information content (AvgIpc) is 2.81. The minimum atomic E-state index is -0.113. The van der Waals surface area contributed by atoms with Crippen molar-refractivity contribution in [2.75, 3.05) is 64.2 Å². The maximum atomic E-state index is 12.2. The number of aromatic nitrogens is 4. The SMILES string of the molecule is COCCNC(=O)N(C)C1CC(Oc2cc(-c3cnc(N)nc3)nc(N3CCOCC3)n2)C1. The smallest absolute Gasteiger partial charge is 0.317 e. The number of methoxy groups -OCH3 is 1. The van der Waals surface area contributed by atoms with Crippen LogP contribution in [0.25, 0.3) is 11.3 Å². The van der Waals surface area contributed by atoms with Crippen molar-refractivity contribution in [3.8, 4) is 17.1 Å². The fraction of sp³-hybridized carbons (Fsp3) is 0.571. The van der Waals surface area contributed by atoms with Crippen LogP contribution in [0.1, 0.15) is 12.8 Å². The van der Waals surface area contributed by atoms with Crippen LogP contribution >= 0.6 is 0 Å². The maximum absolute atomic E-state index is 12.2. The zero-order valence-electron chi connectivity index (χ0n) is 18.9. The summed E-state index contributed by atoms with van der Waals surface area (Å²) < 4.78 is 16.6. The van der Waals surface area contributed by atoms with Crippen LogP contribution in [0.15, 0.2) is 18.5 Å². The standard InChI is InChI=1S/C21H30N8O4/c1-28(21(30)23-3-6-31-2)15-9-16(10-15)33-18-11-17(14-12-24-19(22)25-13-14)26-20(27-18)29-4-7-32-8-5-29/h11-13,15-16H,3-10H2,1-2H3,(H,23,30)(H2,22,24,25). The van der Waals surface area contributed by atoms with Crippen LogP contribution < -0.4 is 20.7 Å². The van der Waals surface area contributed by atoms with Gasteiger partial charge in [-0.2, -0.15) is 4.98 Å². The largest absolute Gasteiger partial charge is 0.474 e. The molecule has 12 nitrogen and oxygen atoms in total. The number of carbonyl (C=O) groups is 1. The second-order valence-corrected chi connectivity index (χ2v) is 8.02. The van der Waals surface area contributed by atoms with Crippen LogP contribution in [0, 0.1) is 0 Å². The Morgan fingerprint density at radius 3 is 2.70 bits per heavy atom. The number of nitrogens with two attached hydrogens (primary N) is 1. The molecule has 0 spiro atoms. The zero-order valence-corrected chi connectivity index (χ0v) is 18.9. The first-order chi connectivity index (χ1) is 16.0. The molecular weight excluding hydrogens is 428 g/mol. The number of morpholine rings is 1. The summed E-state index contributed by atoms with van der Waals surface area (Å²) in [7, 11) is 3.40. The van der Waals surface area contributed by atoms with Crippen LogP contribution in [-0.4, -0.2) is 96.6 Å². The van der Waals surface area contributed by atoms with Crippen molar-refractivity contribution in [3.63, 3.8) is 0 Å². The molecule has 0 aromatic carbocycles. The fourth-order valence-corrected chi connectivity index (χ4v) is 3.67. The van der Waals surface area contributed by atoms with Crippen molar-refractivity contribution >= 4 is 17.9 Å². The van der Waals surface area contributed by atoms with E-state index in [1.54, 1.807) is 37.5 Å². The minimum absolute atomic E-state index is 0.0350. The molecule has 1 aliphatic heterocycles. The number of nitrogen functional groups attached to an aromatic ring is 1. The Bertz CT molecular complexity index is 932. The summed E-state index contributed by atoms with van der Waals surface area (Å²) in [6.45, 7) is 3.62. The van der Waals surface area contributed by atoms with Crippen molar-refractivity contribution in [1.82, 2.24) is 30.2 Å². The van der Waals surface area contributed by atoms with E-state index in [2.05, 4.69) is 25.2 Å². The monoisotopic (exact) mass is 458 g/mol. The van der Waals surface area contributed by atoms with Gasteiger partial charge in [0.05, 0.1) is 25.5 Å². The van der Waals surface area contributed by atoms with Gasteiger partial charge < -0.3 is 35.1 Å². The lowest BCUT2D eigenvalue weighted by Gasteiger charge is -2.40. The molecule has 1 aliphatic carbocycles. The van der Waals surface area contributed by atoms with Crippen molar-refractivity contribution in [2.24, 2.45) is 0 Å². The Hall–Kier alpha value is -3.25. The number of urea groups is 1. The van der Waals surface area contributed by atoms with E-state index in [9.17, 15) is 4.79 Å². The van der Waals surface area contributed by atoms with Crippen molar-refractivity contribution in [1.29, 1.82) is 0 Å². The molecule has 2 aromatic rings. The molecule has 33 heavy (non-hydrogen) atoms. The summed E-state index contributed by atoms with van der Waals surface area (Å²) in [4.78, 5) is 33.5. The Kier molecular flexibility index (Phi) is 7.35. The van der Waals surface area contributed by atoms with Gasteiger partial charge in [0.25, 0.3) is 0 Å². The molecule has 1 saturated heterocycles. The van der Waals surface area contributed by atoms with Crippen molar-refractivity contribution < 1.29 is 19.0 Å². The summed E-state index contributed by atoms with van der Waals surface area (Å²) in [6, 6.07) is 1.79. The number of nitrogens with one attached hydrogen (secondary N) is 1. The molecule has 2 amide bonds. The summed E-state index contributed by atoms with van der Waals surface area (Å²) in [6.07, 6.45) is 4.69. The molecule has 2 aromatic heterocycles. The van der Waals surface area contributed by atoms with Crippen molar-refractivity contribution in [3.05, 3.63) is 18.5 Å². The van der Waals surface area contributed by atoms with Crippen LogP contribution in [0.5, 0.6) is 5.88 Å². The van der Waals surface area contributed by atoms with Gasteiger partial charge in [-0.1, -0.05) is 0 Å². The number of carbonyl (C=O) groups excluding carboxylic acids is 1.